The molecule has 0 saturated carbocycles. The highest BCUT2D eigenvalue weighted by atomic mass is 28.3. The summed E-state index contributed by atoms with van der Waals surface area (Å²) in [6, 6.07) is 7.54. The van der Waals surface area contributed by atoms with Gasteiger partial charge in [0.25, 0.3) is 5.91 Å². The zero-order valence-corrected chi connectivity index (χ0v) is 23.9. The predicted molar refractivity (Wildman–Crippen MR) is 147 cm³/mol. The van der Waals surface area contributed by atoms with Crippen LogP contribution in [0.25, 0.3) is 11.3 Å². The van der Waals surface area contributed by atoms with Crippen LogP contribution in [0.5, 0.6) is 0 Å². The number of aliphatic hydroxyl groups excluding tert-OH is 1. The number of aliphatic hydroxyl groups is 1. The topological polar surface area (TPSA) is 92.5 Å². The number of β-amino-alcohol motifs (C(OH)–C–C–N with tert-alkyl or cyclic N) is 1. The zero-order chi connectivity index (χ0) is 30.0. The molecule has 1 aliphatic heterocycles. The molecule has 2 aromatic heterocycles. The number of nitrogens with one attached hydrogen (secondary N) is 1. The van der Waals surface area contributed by atoms with Crippen LogP contribution >= 0.6 is 0 Å². The first-order chi connectivity index (χ1) is 19.2. The van der Waals surface area contributed by atoms with E-state index in [4.69, 9.17) is 4.74 Å². The number of carbonyl (C=O) groups is 1. The molecule has 1 aromatic carbocycles. The van der Waals surface area contributed by atoms with Gasteiger partial charge in [-0.3, -0.25) is 4.79 Å². The highest BCUT2D eigenvalue weighted by molar-refractivity contribution is 6.76. The summed E-state index contributed by atoms with van der Waals surface area (Å²) >= 11 is 0. The Balaban J connectivity index is 1.58. The van der Waals surface area contributed by atoms with E-state index in [1.807, 2.05) is 4.90 Å². The molecule has 4 rings (SSSR count). The lowest BCUT2D eigenvalue weighted by Crippen LogP contribution is -2.33. The van der Waals surface area contributed by atoms with E-state index in [-0.39, 0.29) is 18.0 Å². The number of alkyl halides is 5. The minimum Gasteiger partial charge on any atom is -0.391 e. The maximum absolute atomic E-state index is 13.6. The molecule has 0 radical (unpaired) electrons. The van der Waals surface area contributed by atoms with Gasteiger partial charge in [0.05, 0.1) is 17.4 Å². The maximum Gasteiger partial charge on any atom is 0.458 e. The summed E-state index contributed by atoms with van der Waals surface area (Å²) in [6.07, 6.45) is -2.75. The molecule has 0 spiro atoms. The summed E-state index contributed by atoms with van der Waals surface area (Å²) in [5.74, 6) is -5.12. The number of carbonyl (C=O) groups excluding carboxylic acids is 1. The second kappa shape index (κ2) is 11.9. The summed E-state index contributed by atoms with van der Waals surface area (Å²) in [5.41, 5.74) is 0.129. The van der Waals surface area contributed by atoms with Crippen molar-refractivity contribution in [2.75, 3.05) is 29.9 Å². The van der Waals surface area contributed by atoms with Crippen molar-refractivity contribution in [3.05, 3.63) is 59.9 Å². The van der Waals surface area contributed by atoms with Gasteiger partial charge in [-0.05, 0) is 30.7 Å². The van der Waals surface area contributed by atoms with Gasteiger partial charge in [-0.25, -0.2) is 9.67 Å². The monoisotopic (exact) mass is 597 g/mol. The minimum absolute atomic E-state index is 0.0332. The first-order valence-electron chi connectivity index (χ1n) is 13.0. The maximum atomic E-state index is 13.6. The molecule has 1 amide bonds. The molecule has 1 atom stereocenters. The van der Waals surface area contributed by atoms with E-state index in [0.29, 0.717) is 55.3 Å². The number of anilines is 2. The molecule has 0 unspecified atom stereocenters. The van der Waals surface area contributed by atoms with Gasteiger partial charge in [0, 0.05) is 48.9 Å². The van der Waals surface area contributed by atoms with E-state index in [9.17, 15) is 31.9 Å². The molecule has 14 heteroatoms. The highest BCUT2D eigenvalue weighted by Crippen LogP contribution is 2.44. The SMILES string of the molecule is C[Si-](C)(C)CCOCn1nccc1-c1cc(C(=O)Nc2ccc(C(F)(F)C(F)(F)F)cc2)cnc1N1CC[C@@H](O)C1. The number of benzene rings is 1. The molecule has 41 heavy (non-hydrogen) atoms. The smallest absolute Gasteiger partial charge is 0.391 e. The fraction of sp³-hybridized carbons (Fsp3) is 0.444. The summed E-state index contributed by atoms with van der Waals surface area (Å²) in [4.78, 5) is 19.5. The fourth-order valence-electron chi connectivity index (χ4n) is 4.28. The van der Waals surface area contributed by atoms with Crippen LogP contribution < -0.4 is 10.2 Å². The number of amides is 1. The first kappa shape index (κ1) is 30.6. The molecule has 3 aromatic rings. The summed E-state index contributed by atoms with van der Waals surface area (Å²) in [6.45, 7) is 8.43. The average molecular weight is 598 g/mol. The standard InChI is InChI=1S/C27H32F5N5O3Si/c1-41(2,3)13-12-40-17-37-23(8-10-34-37)22-14-18(15-33-24(22)36-11-9-21(38)16-36)25(39)35-20-6-4-19(5-7-20)26(28,29)27(30,31)32/h4-8,10,14-15,21,38H,9,11-13,16-17H2,1-3H3,(H,35,39)/q-1/t21-/m1/s1. The van der Waals surface area contributed by atoms with Gasteiger partial charge in [-0.2, -0.15) is 46.7 Å². The third-order valence-electron chi connectivity index (χ3n) is 6.66. The third-order valence-corrected chi connectivity index (χ3v) is 8.36. The zero-order valence-electron chi connectivity index (χ0n) is 22.9. The second-order valence-corrected chi connectivity index (χ2v) is 16.8. The van der Waals surface area contributed by atoms with E-state index in [1.54, 1.807) is 23.0 Å². The number of halogens is 5. The van der Waals surface area contributed by atoms with Gasteiger partial charge in [0.1, 0.15) is 12.5 Å². The van der Waals surface area contributed by atoms with Gasteiger partial charge < -0.3 is 20.1 Å². The van der Waals surface area contributed by atoms with Crippen LogP contribution in [0, 0.1) is 0 Å². The van der Waals surface area contributed by atoms with E-state index in [0.717, 1.165) is 18.2 Å². The lowest BCUT2D eigenvalue weighted by atomic mass is 10.1. The van der Waals surface area contributed by atoms with Crippen LogP contribution in [0.15, 0.2) is 48.8 Å². The van der Waals surface area contributed by atoms with E-state index in [2.05, 4.69) is 35.0 Å². The highest BCUT2D eigenvalue weighted by Gasteiger charge is 2.58. The fourth-order valence-corrected chi connectivity index (χ4v) is 5.04. The Kier molecular flexibility index (Phi) is 8.85. The van der Waals surface area contributed by atoms with Crippen molar-refractivity contribution >= 4 is 25.5 Å². The van der Waals surface area contributed by atoms with Gasteiger partial charge in [0.15, 0.2) is 0 Å². The lowest BCUT2D eigenvalue weighted by Gasteiger charge is -2.26. The van der Waals surface area contributed by atoms with Crippen molar-refractivity contribution in [3.8, 4) is 11.3 Å². The number of hydrogen-bond acceptors (Lipinski definition) is 6. The number of hydrogen-bond donors (Lipinski definition) is 2. The van der Waals surface area contributed by atoms with Gasteiger partial charge in [0.2, 0.25) is 0 Å². The molecule has 223 valence electrons. The quantitative estimate of drug-likeness (QED) is 0.176. The molecule has 0 bridgehead atoms. The Hall–Kier alpha value is -3.36. The molecular formula is C27H32F5N5O3Si-. The lowest BCUT2D eigenvalue weighted by molar-refractivity contribution is -0.289. The number of pyridine rings is 1. The molecule has 1 saturated heterocycles. The summed E-state index contributed by atoms with van der Waals surface area (Å²) in [7, 11) is -1.29. The Bertz CT molecular complexity index is 1360. The molecular weight excluding hydrogens is 565 g/mol. The molecule has 8 nitrogen and oxygen atoms in total. The molecule has 3 heterocycles. The van der Waals surface area contributed by atoms with Gasteiger partial charge in [-0.15, -0.1) is 14.1 Å². The summed E-state index contributed by atoms with van der Waals surface area (Å²) < 4.78 is 72.8. The van der Waals surface area contributed by atoms with Crippen LogP contribution in [0.1, 0.15) is 22.3 Å². The van der Waals surface area contributed by atoms with Crippen molar-refractivity contribution in [2.24, 2.45) is 0 Å². The van der Waals surface area contributed by atoms with E-state index in [1.165, 1.54) is 6.20 Å². The second-order valence-electron chi connectivity index (χ2n) is 11.2. The Morgan fingerprint density at radius 2 is 1.85 bits per heavy atom. The minimum atomic E-state index is -5.74. The average Bonchev–Trinajstić information content (AvgIpc) is 3.54. The normalized spacial score (nSPS) is 16.3. The van der Waals surface area contributed by atoms with Crippen LogP contribution in [-0.4, -0.2) is 65.8 Å². The third kappa shape index (κ3) is 7.29. The predicted octanol–water partition coefficient (Wildman–Crippen LogP) is 5.73. The number of nitrogens with zero attached hydrogens (tertiary/aromatic N) is 4. The van der Waals surface area contributed by atoms with Crippen LogP contribution in [-0.2, 0) is 17.4 Å². The molecule has 1 fully saturated rings. The van der Waals surface area contributed by atoms with Crippen molar-refractivity contribution in [3.63, 3.8) is 0 Å². The molecule has 0 aliphatic carbocycles. The largest absolute Gasteiger partial charge is 0.458 e. The van der Waals surface area contributed by atoms with E-state index >= 15 is 0 Å². The van der Waals surface area contributed by atoms with Gasteiger partial charge >= 0.3 is 12.1 Å². The van der Waals surface area contributed by atoms with Crippen LogP contribution in [0.4, 0.5) is 33.5 Å². The number of aromatic nitrogens is 3. The molecule has 1 aliphatic rings. The number of rotatable bonds is 10. The summed E-state index contributed by atoms with van der Waals surface area (Å²) in [5, 5.41) is 17.0. The van der Waals surface area contributed by atoms with E-state index < -0.39 is 37.7 Å². The van der Waals surface area contributed by atoms with Crippen LogP contribution in [0.2, 0.25) is 25.7 Å². The van der Waals surface area contributed by atoms with Crippen LogP contribution in [0.3, 0.4) is 0 Å². The van der Waals surface area contributed by atoms with Crippen molar-refractivity contribution in [2.45, 2.75) is 57.0 Å². The first-order valence-corrected chi connectivity index (χ1v) is 16.8. The van der Waals surface area contributed by atoms with Gasteiger partial charge in [-0.1, -0.05) is 12.1 Å². The van der Waals surface area contributed by atoms with Crippen molar-refractivity contribution in [1.82, 2.24) is 14.8 Å². The Morgan fingerprint density at radius 1 is 1.15 bits per heavy atom. The van der Waals surface area contributed by atoms with Crippen molar-refractivity contribution in [1.29, 1.82) is 0 Å². The Morgan fingerprint density at radius 3 is 2.46 bits per heavy atom. The van der Waals surface area contributed by atoms with Crippen molar-refractivity contribution < 1.29 is 36.6 Å². The molecule has 2 N–H and O–H groups in total. The number of ether oxygens (including phenoxy) is 1. The Labute approximate surface area is 235 Å².